The van der Waals surface area contributed by atoms with Gasteiger partial charge in [0.2, 0.25) is 5.91 Å². The molecule has 0 radical (unpaired) electrons. The summed E-state index contributed by atoms with van der Waals surface area (Å²) in [6.45, 7) is -0.407. The molecule has 1 aromatic carbocycles. The number of carboxylic acid groups (broad SMARTS) is 1. The molecular weight excluding hydrogens is 241 g/mol. The highest BCUT2D eigenvalue weighted by atomic mass is 19.1. The Morgan fingerprint density at radius 2 is 2.17 bits per heavy atom. The Morgan fingerprint density at radius 1 is 1.44 bits per heavy atom. The molecule has 0 aliphatic heterocycles. The van der Waals surface area contributed by atoms with Crippen LogP contribution >= 0.6 is 0 Å². The normalized spacial score (nSPS) is 9.89. The number of hydrogen-bond donors (Lipinski definition) is 2. The minimum atomic E-state index is -1.10. The van der Waals surface area contributed by atoms with Crippen molar-refractivity contribution >= 4 is 11.9 Å². The number of ether oxygens (including phenoxy) is 1. The van der Waals surface area contributed by atoms with Crippen molar-refractivity contribution in [2.24, 2.45) is 0 Å². The predicted molar refractivity (Wildman–Crippen MR) is 61.9 cm³/mol. The van der Waals surface area contributed by atoms with Gasteiger partial charge in [0.1, 0.15) is 6.54 Å². The first-order valence-corrected chi connectivity index (χ1v) is 5.34. The lowest BCUT2D eigenvalue weighted by atomic mass is 10.1. The summed E-state index contributed by atoms with van der Waals surface area (Å²) in [6.07, 6.45) is 0.450. The van der Waals surface area contributed by atoms with Crippen molar-refractivity contribution in [3.8, 4) is 5.75 Å². The summed E-state index contributed by atoms with van der Waals surface area (Å²) < 4.78 is 18.1. The number of halogens is 1. The maximum Gasteiger partial charge on any atom is 0.322 e. The lowest BCUT2D eigenvalue weighted by molar-refractivity contribution is -0.137. The van der Waals surface area contributed by atoms with E-state index in [1.54, 1.807) is 6.07 Å². The van der Waals surface area contributed by atoms with Gasteiger partial charge in [0, 0.05) is 6.42 Å². The molecular formula is C12H14FNO4. The summed E-state index contributed by atoms with van der Waals surface area (Å²) in [5.74, 6) is -1.82. The van der Waals surface area contributed by atoms with E-state index in [9.17, 15) is 14.0 Å². The van der Waals surface area contributed by atoms with Crippen molar-refractivity contribution in [1.29, 1.82) is 0 Å². The predicted octanol–water partition coefficient (Wildman–Crippen LogP) is 0.968. The van der Waals surface area contributed by atoms with Gasteiger partial charge in [0.25, 0.3) is 0 Å². The number of rotatable bonds is 6. The van der Waals surface area contributed by atoms with Crippen LogP contribution in [0.3, 0.4) is 0 Å². The molecule has 0 saturated heterocycles. The van der Waals surface area contributed by atoms with E-state index >= 15 is 0 Å². The molecule has 0 saturated carbocycles. The van der Waals surface area contributed by atoms with Gasteiger partial charge in [-0.1, -0.05) is 6.07 Å². The fourth-order valence-electron chi connectivity index (χ4n) is 1.39. The van der Waals surface area contributed by atoms with Gasteiger partial charge >= 0.3 is 5.97 Å². The van der Waals surface area contributed by atoms with Crippen LogP contribution in [0.5, 0.6) is 5.75 Å². The number of hydrogen-bond acceptors (Lipinski definition) is 3. The maximum atomic E-state index is 13.3. The van der Waals surface area contributed by atoms with Gasteiger partial charge in [0.15, 0.2) is 11.6 Å². The molecule has 1 rings (SSSR count). The average molecular weight is 255 g/mol. The van der Waals surface area contributed by atoms with Crippen molar-refractivity contribution in [2.75, 3.05) is 13.7 Å². The SMILES string of the molecule is COc1ccc(CCC(=O)NCC(=O)O)cc1F. The number of carboxylic acids is 1. The summed E-state index contributed by atoms with van der Waals surface area (Å²) in [6, 6.07) is 4.44. The number of amides is 1. The van der Waals surface area contributed by atoms with Crippen molar-refractivity contribution < 1.29 is 23.8 Å². The zero-order chi connectivity index (χ0) is 13.5. The molecule has 0 bridgehead atoms. The van der Waals surface area contributed by atoms with E-state index in [0.29, 0.717) is 12.0 Å². The highest BCUT2D eigenvalue weighted by Gasteiger charge is 2.07. The van der Waals surface area contributed by atoms with E-state index in [-0.39, 0.29) is 18.1 Å². The number of methoxy groups -OCH3 is 1. The molecule has 0 aliphatic rings. The fraction of sp³-hybridized carbons (Fsp3) is 0.333. The molecule has 0 aliphatic carbocycles. The van der Waals surface area contributed by atoms with Crippen molar-refractivity contribution in [3.63, 3.8) is 0 Å². The van der Waals surface area contributed by atoms with Crippen LogP contribution < -0.4 is 10.1 Å². The first kappa shape index (κ1) is 14.0. The molecule has 1 aromatic rings. The van der Waals surface area contributed by atoms with Gasteiger partial charge in [0.05, 0.1) is 7.11 Å². The van der Waals surface area contributed by atoms with Gasteiger partial charge < -0.3 is 15.2 Å². The van der Waals surface area contributed by atoms with Crippen LogP contribution in [0.2, 0.25) is 0 Å². The number of nitrogens with one attached hydrogen (secondary N) is 1. The third-order valence-corrected chi connectivity index (χ3v) is 2.29. The Bertz CT molecular complexity index is 448. The van der Waals surface area contributed by atoms with E-state index in [0.717, 1.165) is 0 Å². The molecule has 1 amide bonds. The van der Waals surface area contributed by atoms with Gasteiger partial charge in [-0.2, -0.15) is 0 Å². The number of carbonyl (C=O) groups is 2. The van der Waals surface area contributed by atoms with E-state index in [1.165, 1.54) is 19.2 Å². The molecule has 0 spiro atoms. The van der Waals surface area contributed by atoms with E-state index in [4.69, 9.17) is 9.84 Å². The second-order valence-electron chi connectivity index (χ2n) is 3.64. The smallest absolute Gasteiger partial charge is 0.322 e. The minimum Gasteiger partial charge on any atom is -0.494 e. The Kier molecular flexibility index (Phi) is 5.10. The van der Waals surface area contributed by atoms with Gasteiger partial charge in [-0.15, -0.1) is 0 Å². The molecule has 2 N–H and O–H groups in total. The first-order valence-electron chi connectivity index (χ1n) is 5.34. The van der Waals surface area contributed by atoms with Crippen LogP contribution in [0.15, 0.2) is 18.2 Å². The van der Waals surface area contributed by atoms with E-state index in [2.05, 4.69) is 5.32 Å². The summed E-state index contributed by atoms with van der Waals surface area (Å²) in [5.41, 5.74) is 0.652. The largest absolute Gasteiger partial charge is 0.494 e. The van der Waals surface area contributed by atoms with E-state index < -0.39 is 18.3 Å². The monoisotopic (exact) mass is 255 g/mol. The van der Waals surface area contributed by atoms with Gasteiger partial charge in [-0.25, -0.2) is 4.39 Å². The van der Waals surface area contributed by atoms with Crippen LogP contribution in [-0.4, -0.2) is 30.6 Å². The van der Waals surface area contributed by atoms with Crippen molar-refractivity contribution in [3.05, 3.63) is 29.6 Å². The highest BCUT2D eigenvalue weighted by Crippen LogP contribution is 2.18. The summed E-state index contributed by atoms with van der Waals surface area (Å²) in [5, 5.41) is 10.6. The summed E-state index contributed by atoms with van der Waals surface area (Å²) >= 11 is 0. The second kappa shape index (κ2) is 6.58. The average Bonchev–Trinajstić information content (AvgIpc) is 2.34. The summed E-state index contributed by atoms with van der Waals surface area (Å²) in [7, 11) is 1.37. The lowest BCUT2D eigenvalue weighted by Gasteiger charge is -2.05. The molecule has 18 heavy (non-hydrogen) atoms. The number of benzene rings is 1. The Balaban J connectivity index is 2.46. The van der Waals surface area contributed by atoms with Gasteiger partial charge in [-0.05, 0) is 24.1 Å². The Hall–Kier alpha value is -2.11. The minimum absolute atomic E-state index is 0.110. The zero-order valence-corrected chi connectivity index (χ0v) is 9.90. The molecule has 98 valence electrons. The maximum absolute atomic E-state index is 13.3. The molecule has 5 nitrogen and oxygen atoms in total. The van der Waals surface area contributed by atoms with Crippen molar-refractivity contribution in [2.45, 2.75) is 12.8 Å². The van der Waals surface area contributed by atoms with E-state index in [1.807, 2.05) is 0 Å². The van der Waals surface area contributed by atoms with Crippen molar-refractivity contribution in [1.82, 2.24) is 5.32 Å². The van der Waals surface area contributed by atoms with Crippen LogP contribution in [-0.2, 0) is 16.0 Å². The molecule has 0 heterocycles. The molecule has 6 heteroatoms. The second-order valence-corrected chi connectivity index (χ2v) is 3.64. The molecule has 0 aromatic heterocycles. The van der Waals surface area contributed by atoms with Crippen LogP contribution in [0.25, 0.3) is 0 Å². The van der Waals surface area contributed by atoms with Crippen LogP contribution in [0.1, 0.15) is 12.0 Å². The Labute approximate surface area is 104 Å². The fourth-order valence-corrected chi connectivity index (χ4v) is 1.39. The highest BCUT2D eigenvalue weighted by molar-refractivity contribution is 5.81. The molecule has 0 fully saturated rings. The summed E-state index contributed by atoms with van der Waals surface area (Å²) in [4.78, 5) is 21.5. The lowest BCUT2D eigenvalue weighted by Crippen LogP contribution is -2.29. The van der Waals surface area contributed by atoms with Gasteiger partial charge in [-0.3, -0.25) is 9.59 Å². The standard InChI is InChI=1S/C12H14FNO4/c1-18-10-4-2-8(6-9(10)13)3-5-11(15)14-7-12(16)17/h2,4,6H,3,5,7H2,1H3,(H,14,15)(H,16,17). The number of carbonyl (C=O) groups excluding carboxylic acids is 1. The number of aryl methyl sites for hydroxylation is 1. The zero-order valence-electron chi connectivity index (χ0n) is 9.90. The quantitative estimate of drug-likeness (QED) is 0.794. The third-order valence-electron chi connectivity index (χ3n) is 2.29. The topological polar surface area (TPSA) is 75.6 Å². The molecule has 0 atom stereocenters. The molecule has 0 unspecified atom stereocenters. The Morgan fingerprint density at radius 3 is 2.72 bits per heavy atom. The third kappa shape index (κ3) is 4.40. The van der Waals surface area contributed by atoms with Crippen LogP contribution in [0.4, 0.5) is 4.39 Å². The van der Waals surface area contributed by atoms with Crippen LogP contribution in [0, 0.1) is 5.82 Å². The number of aliphatic carboxylic acids is 1. The first-order chi connectivity index (χ1) is 8.52.